The molecule has 3 aromatic rings. The largest absolute Gasteiger partial charge is 0.493 e. The number of benzene rings is 3. The van der Waals surface area contributed by atoms with E-state index in [4.69, 9.17) is 37.9 Å². The molecule has 11 heteroatoms. The van der Waals surface area contributed by atoms with E-state index in [-0.39, 0.29) is 12.6 Å². The molecule has 1 aliphatic rings. The lowest BCUT2D eigenvalue weighted by Crippen LogP contribution is -2.12. The van der Waals surface area contributed by atoms with Crippen LogP contribution in [0.15, 0.2) is 36.4 Å². The van der Waals surface area contributed by atoms with Crippen molar-refractivity contribution in [3.05, 3.63) is 64.2 Å². The third-order valence-electron chi connectivity index (χ3n) is 19.7. The summed E-state index contributed by atoms with van der Waals surface area (Å²) in [4.78, 5) is 13.3. The molecule has 0 radical (unpaired) electrons. The van der Waals surface area contributed by atoms with Gasteiger partial charge < -0.3 is 37.9 Å². The number of hydrogen-bond acceptors (Lipinski definition) is 11. The maximum Gasteiger partial charge on any atom is 0.306 e. The third kappa shape index (κ3) is 38.8. The Hall–Kier alpha value is -4.09. The summed E-state index contributed by atoms with van der Waals surface area (Å²) < 4.78 is 53.8. The molecule has 0 amide bonds. The van der Waals surface area contributed by atoms with Crippen LogP contribution in [0.4, 0.5) is 0 Å². The molecule has 98 heavy (non-hydrogen) atoms. The quantitative estimate of drug-likeness (QED) is 0.0234. The van der Waals surface area contributed by atoms with Gasteiger partial charge in [0, 0.05) is 39.7 Å². The van der Waals surface area contributed by atoms with Crippen LogP contribution in [-0.4, -0.2) is 63.2 Å². The number of carbonyl (C=O) groups excluding carboxylic acids is 1. The van der Waals surface area contributed by atoms with E-state index >= 15 is 0 Å². The minimum absolute atomic E-state index is 0.117. The van der Waals surface area contributed by atoms with E-state index < -0.39 is 0 Å². The Morgan fingerprint density at radius 3 is 1.14 bits per heavy atom. The molecule has 0 bridgehead atoms. The Kier molecular flexibility index (Phi) is 49.7. The predicted octanol–water partition coefficient (Wildman–Crippen LogP) is 27.4. The number of carbonyl (C=O) groups is 1. The van der Waals surface area contributed by atoms with Gasteiger partial charge in [-0.1, -0.05) is 328 Å². The Morgan fingerprint density at radius 2 is 0.755 bits per heavy atom. The van der Waals surface area contributed by atoms with Crippen LogP contribution in [0.25, 0.3) is 24.3 Å². The third-order valence-corrected chi connectivity index (χ3v) is 22.7. The van der Waals surface area contributed by atoms with E-state index in [1.54, 1.807) is 0 Å². The second-order valence-electron chi connectivity index (χ2n) is 29.1. The molecule has 0 saturated carbocycles. The highest BCUT2D eigenvalue weighted by atomic mass is 33.1. The molecule has 1 fully saturated rings. The molecule has 1 unspecified atom stereocenters. The van der Waals surface area contributed by atoms with Gasteiger partial charge in [0.25, 0.3) is 0 Å². The summed E-state index contributed by atoms with van der Waals surface area (Å²) in [5.41, 5.74) is 4.48. The van der Waals surface area contributed by atoms with Gasteiger partial charge in [0.15, 0.2) is 11.5 Å². The van der Waals surface area contributed by atoms with Crippen LogP contribution < -0.4 is 33.2 Å². The van der Waals surface area contributed by atoms with Gasteiger partial charge >= 0.3 is 5.97 Å². The molecule has 9 nitrogen and oxygen atoms in total. The van der Waals surface area contributed by atoms with Crippen molar-refractivity contribution < 1.29 is 42.7 Å². The van der Waals surface area contributed by atoms with E-state index in [2.05, 4.69) is 131 Å². The molecule has 4 rings (SSSR count). The van der Waals surface area contributed by atoms with E-state index in [9.17, 15) is 4.79 Å². The van der Waals surface area contributed by atoms with E-state index in [0.717, 1.165) is 146 Å². The van der Waals surface area contributed by atoms with Crippen LogP contribution in [0.5, 0.6) is 40.2 Å². The van der Waals surface area contributed by atoms with Gasteiger partial charge in [0.2, 0.25) is 5.75 Å². The summed E-state index contributed by atoms with van der Waals surface area (Å²) in [6, 6.07) is 12.7. The van der Waals surface area contributed by atoms with Gasteiger partial charge in [-0.15, -0.1) is 0 Å². The van der Waals surface area contributed by atoms with Crippen molar-refractivity contribution in [3.63, 3.8) is 0 Å². The zero-order chi connectivity index (χ0) is 70.5. The van der Waals surface area contributed by atoms with Crippen molar-refractivity contribution in [1.82, 2.24) is 0 Å². The minimum Gasteiger partial charge on any atom is -0.493 e. The molecule has 0 aliphatic carbocycles. The van der Waals surface area contributed by atoms with Crippen molar-refractivity contribution in [2.24, 2.45) is 23.7 Å². The number of esters is 1. The first-order chi connectivity index (χ1) is 47.9. The van der Waals surface area contributed by atoms with Gasteiger partial charge in [-0.3, -0.25) is 4.79 Å². The van der Waals surface area contributed by atoms with Gasteiger partial charge in [-0.05, 0) is 104 Å². The lowest BCUT2D eigenvalue weighted by molar-refractivity contribution is -0.145. The monoisotopic (exact) mass is 1400 g/mol. The van der Waals surface area contributed by atoms with Gasteiger partial charge in [-0.25, -0.2) is 0 Å². The number of hydrogen-bond donors (Lipinski definition) is 0. The van der Waals surface area contributed by atoms with Crippen LogP contribution in [0.3, 0.4) is 0 Å². The Labute approximate surface area is 609 Å². The molecular formula is C87H144O9S2. The Bertz CT molecular complexity index is 2490. The molecule has 558 valence electrons. The predicted molar refractivity (Wildman–Crippen MR) is 426 cm³/mol. The second kappa shape index (κ2) is 56.5. The van der Waals surface area contributed by atoms with Gasteiger partial charge in [0.05, 0.1) is 46.2 Å². The van der Waals surface area contributed by atoms with E-state index in [1.807, 2.05) is 27.7 Å². The van der Waals surface area contributed by atoms with E-state index in [0.29, 0.717) is 87.3 Å². The van der Waals surface area contributed by atoms with Crippen LogP contribution in [0.2, 0.25) is 0 Å². The number of ether oxygens (including phenoxy) is 8. The fourth-order valence-corrected chi connectivity index (χ4v) is 14.8. The number of rotatable bonds is 63. The lowest BCUT2D eigenvalue weighted by Gasteiger charge is -2.20. The van der Waals surface area contributed by atoms with Crippen LogP contribution in [-0.2, 0) is 16.1 Å². The highest BCUT2D eigenvalue weighted by Crippen LogP contribution is 2.43. The molecule has 0 N–H and O–H groups in total. The molecule has 5 atom stereocenters. The molecule has 0 aromatic heterocycles. The molecule has 1 saturated heterocycles. The lowest BCUT2D eigenvalue weighted by atomic mass is 10.0. The molecule has 3 aromatic carbocycles. The highest BCUT2D eigenvalue weighted by Gasteiger charge is 2.21. The van der Waals surface area contributed by atoms with Crippen molar-refractivity contribution in [1.29, 1.82) is 0 Å². The highest BCUT2D eigenvalue weighted by molar-refractivity contribution is 8.77. The normalized spacial score (nSPS) is 14.5. The summed E-state index contributed by atoms with van der Waals surface area (Å²) in [6.07, 6.45) is 55.5. The van der Waals surface area contributed by atoms with Crippen LogP contribution >= 0.6 is 21.6 Å². The topological polar surface area (TPSA) is 90.9 Å². The zero-order valence-electron chi connectivity index (χ0n) is 64.6. The molecule has 1 aliphatic heterocycles. The van der Waals surface area contributed by atoms with Crippen LogP contribution in [0.1, 0.15) is 354 Å². The summed E-state index contributed by atoms with van der Waals surface area (Å²) >= 11 is 0. The van der Waals surface area contributed by atoms with Crippen LogP contribution in [0, 0.1) is 23.7 Å². The second-order valence-corrected chi connectivity index (χ2v) is 31.9. The minimum atomic E-state index is -0.174. The molecule has 0 spiro atoms. The summed E-state index contributed by atoms with van der Waals surface area (Å²) in [6.45, 7) is 28.9. The smallest absolute Gasteiger partial charge is 0.306 e. The fraction of sp³-hybridized carbons (Fsp3) is 0.736. The van der Waals surface area contributed by atoms with Gasteiger partial charge in [0.1, 0.15) is 29.6 Å². The average Bonchev–Trinajstić information content (AvgIpc) is 0.860. The van der Waals surface area contributed by atoms with Crippen molar-refractivity contribution in [3.8, 4) is 40.2 Å². The van der Waals surface area contributed by atoms with Crippen molar-refractivity contribution in [2.45, 2.75) is 338 Å². The SMILES string of the molecule is CCCCCCCCCCCCOc1cc(/C=C/c2cc(OC[C@@H](C)CC)c(/C=C/c3cc(OC[C@@H](C)CC)c(COC(=O)CCCCC4CCSS4)cc3OC[C@@H](C)CC)cc2OC[C@@H](C)CC)cc(OCCCCCCCCCCCC)c1OCCCCCCCCCCCC. The Balaban J connectivity index is 1.77. The summed E-state index contributed by atoms with van der Waals surface area (Å²) in [5.74, 6) is 7.66. The van der Waals surface area contributed by atoms with Crippen molar-refractivity contribution in [2.75, 3.05) is 52.0 Å². The van der Waals surface area contributed by atoms with E-state index in [1.165, 1.54) is 166 Å². The summed E-state index contributed by atoms with van der Waals surface area (Å²) in [5, 5.41) is 0.703. The first kappa shape index (κ1) is 86.3. The fourth-order valence-electron chi connectivity index (χ4n) is 11.8. The van der Waals surface area contributed by atoms with Gasteiger partial charge in [-0.2, -0.15) is 0 Å². The van der Waals surface area contributed by atoms with Crippen molar-refractivity contribution >= 4 is 51.9 Å². The molecular weight excluding hydrogens is 1250 g/mol. The zero-order valence-corrected chi connectivity index (χ0v) is 66.2. The first-order valence-corrected chi connectivity index (χ1v) is 43.1. The maximum absolute atomic E-state index is 13.3. The Morgan fingerprint density at radius 1 is 0.398 bits per heavy atom. The number of unbranched alkanes of at least 4 members (excludes halogenated alkanes) is 28. The summed E-state index contributed by atoms with van der Waals surface area (Å²) in [7, 11) is 3.97. The standard InChI is InChI=1S/C87H144O9S2/c1-12-19-22-25-28-31-34-37-40-45-55-89-84-59-74(60-85(90-56-46-41-38-35-32-29-26-23-20-13-2)87(84)91-57-47-42-39-36-33-30-27-24-21-14-3)50-51-75-61-81(93-66-71(9)16-5)76(62-80(75)92-65-70(8)15-4)52-53-77-63-83(95-68-73(11)18-7)78(64-82(77)94-67-72(10)17-6)69-96-86(88)49-44-43-48-79-54-58-97-98-79/h50-53,59-64,70-73,79H,12-49,54-58,65-69H2,1-11H3/b51-50+,53-52+/t70-,71-,72-,73-,79?/m0/s1. The molecule has 1 heterocycles. The average molecular weight is 1400 g/mol. The first-order valence-electron chi connectivity index (χ1n) is 40.7. The maximum atomic E-state index is 13.3.